The molecule has 3 unspecified atom stereocenters. The molecule has 104 valence electrons. The zero-order valence-corrected chi connectivity index (χ0v) is 12.2. The van der Waals surface area contributed by atoms with E-state index < -0.39 is 0 Å². The highest BCUT2D eigenvalue weighted by molar-refractivity contribution is 6.30. The summed E-state index contributed by atoms with van der Waals surface area (Å²) < 4.78 is 11.8. The molecule has 0 saturated carbocycles. The number of rotatable bonds is 3. The third-order valence-corrected chi connectivity index (χ3v) is 4.28. The lowest BCUT2D eigenvalue weighted by Crippen LogP contribution is -2.30. The van der Waals surface area contributed by atoms with E-state index in [9.17, 15) is 0 Å². The summed E-state index contributed by atoms with van der Waals surface area (Å²) in [4.78, 5) is 0. The van der Waals surface area contributed by atoms with Crippen LogP contribution in [0.3, 0.4) is 0 Å². The molecule has 0 aliphatic carbocycles. The van der Waals surface area contributed by atoms with Crippen molar-refractivity contribution in [2.75, 3.05) is 13.7 Å². The van der Waals surface area contributed by atoms with E-state index in [-0.39, 0.29) is 12.1 Å². The average Bonchev–Trinajstić information content (AvgIpc) is 2.99. The molecule has 1 aromatic carbocycles. The first-order valence-electron chi connectivity index (χ1n) is 6.97. The van der Waals surface area contributed by atoms with Crippen LogP contribution in [0.5, 0.6) is 5.75 Å². The first kappa shape index (κ1) is 13.2. The molecular formula is C15H20ClNO2. The average molecular weight is 282 g/mol. The predicted molar refractivity (Wildman–Crippen MR) is 76.0 cm³/mol. The Balaban J connectivity index is 1.95. The summed E-state index contributed by atoms with van der Waals surface area (Å²) >= 11 is 6.24. The van der Waals surface area contributed by atoms with Crippen molar-refractivity contribution in [3.63, 3.8) is 0 Å². The first-order chi connectivity index (χ1) is 9.19. The second kappa shape index (κ2) is 5.31. The third kappa shape index (κ3) is 2.47. The molecular weight excluding hydrogens is 262 g/mol. The maximum atomic E-state index is 6.24. The van der Waals surface area contributed by atoms with Crippen molar-refractivity contribution < 1.29 is 9.47 Å². The van der Waals surface area contributed by atoms with Gasteiger partial charge in [-0.05, 0) is 44.5 Å². The molecule has 4 heteroatoms. The van der Waals surface area contributed by atoms with Crippen LogP contribution in [-0.2, 0) is 11.2 Å². The maximum Gasteiger partial charge on any atom is 0.127 e. The molecule has 3 rings (SSSR count). The summed E-state index contributed by atoms with van der Waals surface area (Å²) in [6.45, 7) is 2.88. The van der Waals surface area contributed by atoms with Crippen molar-refractivity contribution in [2.24, 2.45) is 0 Å². The highest BCUT2D eigenvalue weighted by atomic mass is 35.5. The molecule has 1 N–H and O–H groups in total. The van der Waals surface area contributed by atoms with Crippen LogP contribution in [0.4, 0.5) is 0 Å². The fourth-order valence-electron chi connectivity index (χ4n) is 3.15. The van der Waals surface area contributed by atoms with Crippen LogP contribution in [0, 0.1) is 0 Å². The number of benzene rings is 1. The van der Waals surface area contributed by atoms with E-state index in [0.717, 1.165) is 42.2 Å². The largest absolute Gasteiger partial charge is 0.493 e. The molecule has 0 amide bonds. The Labute approximate surface area is 119 Å². The third-order valence-electron chi connectivity index (χ3n) is 4.06. The summed E-state index contributed by atoms with van der Waals surface area (Å²) in [5.41, 5.74) is 2.36. The molecule has 0 radical (unpaired) electrons. The van der Waals surface area contributed by atoms with Crippen LogP contribution >= 0.6 is 11.6 Å². The van der Waals surface area contributed by atoms with Crippen molar-refractivity contribution in [3.05, 3.63) is 28.3 Å². The molecule has 1 aromatic rings. The SMILES string of the molecule is CNC(c1cc(Cl)cc2c1OCC2)C1CCC(C)O1. The lowest BCUT2D eigenvalue weighted by Gasteiger charge is -2.25. The van der Waals surface area contributed by atoms with Gasteiger partial charge in [0, 0.05) is 17.0 Å². The lowest BCUT2D eigenvalue weighted by atomic mass is 9.96. The Kier molecular flexibility index (Phi) is 3.70. The van der Waals surface area contributed by atoms with Crippen LogP contribution < -0.4 is 10.1 Å². The quantitative estimate of drug-likeness (QED) is 0.923. The van der Waals surface area contributed by atoms with Gasteiger partial charge in [-0.1, -0.05) is 11.6 Å². The van der Waals surface area contributed by atoms with Crippen molar-refractivity contribution in [3.8, 4) is 5.75 Å². The molecule has 1 fully saturated rings. The summed E-state index contributed by atoms with van der Waals surface area (Å²) in [6.07, 6.45) is 3.68. The number of hydrogen-bond donors (Lipinski definition) is 1. The van der Waals surface area contributed by atoms with Crippen molar-refractivity contribution in [2.45, 2.75) is 44.4 Å². The second-order valence-electron chi connectivity index (χ2n) is 5.41. The number of hydrogen-bond acceptors (Lipinski definition) is 3. The van der Waals surface area contributed by atoms with Crippen LogP contribution in [0.15, 0.2) is 12.1 Å². The minimum atomic E-state index is 0.149. The highest BCUT2D eigenvalue weighted by Gasteiger charge is 2.33. The molecule has 2 aliphatic rings. The van der Waals surface area contributed by atoms with Gasteiger partial charge in [-0.15, -0.1) is 0 Å². The molecule has 1 saturated heterocycles. The van der Waals surface area contributed by atoms with E-state index in [4.69, 9.17) is 21.1 Å². The van der Waals surface area contributed by atoms with Crippen molar-refractivity contribution in [1.29, 1.82) is 0 Å². The summed E-state index contributed by atoms with van der Waals surface area (Å²) in [6, 6.07) is 4.17. The topological polar surface area (TPSA) is 30.5 Å². The molecule has 0 aromatic heterocycles. The van der Waals surface area contributed by atoms with Gasteiger partial charge in [0.2, 0.25) is 0 Å². The Morgan fingerprint density at radius 1 is 1.37 bits per heavy atom. The molecule has 0 spiro atoms. The first-order valence-corrected chi connectivity index (χ1v) is 7.34. The Bertz CT molecular complexity index is 477. The van der Waals surface area contributed by atoms with E-state index >= 15 is 0 Å². The summed E-state index contributed by atoms with van der Waals surface area (Å²) in [7, 11) is 1.97. The summed E-state index contributed by atoms with van der Waals surface area (Å²) in [5, 5.41) is 4.16. The standard InChI is InChI=1S/C15H20ClNO2/c1-9-3-4-13(19-9)14(17-2)12-8-11(16)7-10-5-6-18-15(10)12/h7-9,13-14,17H,3-6H2,1-2H3. The normalized spacial score (nSPS) is 27.1. The van der Waals surface area contributed by atoms with Gasteiger partial charge in [-0.25, -0.2) is 0 Å². The zero-order chi connectivity index (χ0) is 13.4. The number of halogens is 1. The lowest BCUT2D eigenvalue weighted by molar-refractivity contribution is 0.0328. The van der Waals surface area contributed by atoms with Gasteiger partial charge >= 0.3 is 0 Å². The van der Waals surface area contributed by atoms with Gasteiger partial charge in [0.25, 0.3) is 0 Å². The fourth-order valence-corrected chi connectivity index (χ4v) is 3.40. The minimum absolute atomic E-state index is 0.149. The molecule has 3 atom stereocenters. The molecule has 2 aliphatic heterocycles. The zero-order valence-electron chi connectivity index (χ0n) is 11.4. The minimum Gasteiger partial charge on any atom is -0.493 e. The van der Waals surface area contributed by atoms with Crippen LogP contribution in [-0.4, -0.2) is 25.9 Å². The highest BCUT2D eigenvalue weighted by Crippen LogP contribution is 2.40. The Morgan fingerprint density at radius 2 is 2.21 bits per heavy atom. The van der Waals surface area contributed by atoms with E-state index in [1.54, 1.807) is 0 Å². The molecule has 19 heavy (non-hydrogen) atoms. The van der Waals surface area contributed by atoms with Gasteiger partial charge in [-0.3, -0.25) is 0 Å². The smallest absolute Gasteiger partial charge is 0.127 e. The number of likely N-dealkylation sites (N-methyl/N-ethyl adjacent to an activating group) is 1. The van der Waals surface area contributed by atoms with Gasteiger partial charge in [0.05, 0.1) is 24.9 Å². The van der Waals surface area contributed by atoms with Gasteiger partial charge in [-0.2, -0.15) is 0 Å². The van der Waals surface area contributed by atoms with E-state index in [0.29, 0.717) is 6.10 Å². The fraction of sp³-hybridized carbons (Fsp3) is 0.600. The van der Waals surface area contributed by atoms with Crippen LogP contribution in [0.1, 0.15) is 36.9 Å². The number of nitrogens with one attached hydrogen (secondary N) is 1. The number of fused-ring (bicyclic) bond motifs is 1. The van der Waals surface area contributed by atoms with Crippen molar-refractivity contribution >= 4 is 11.6 Å². The molecule has 2 heterocycles. The molecule has 3 nitrogen and oxygen atoms in total. The van der Waals surface area contributed by atoms with Crippen molar-refractivity contribution in [1.82, 2.24) is 5.32 Å². The maximum absolute atomic E-state index is 6.24. The second-order valence-corrected chi connectivity index (χ2v) is 5.85. The predicted octanol–water partition coefficient (Wildman–Crippen LogP) is 3.10. The van der Waals surface area contributed by atoms with Gasteiger partial charge in [0.1, 0.15) is 5.75 Å². The van der Waals surface area contributed by atoms with E-state index in [1.165, 1.54) is 5.56 Å². The van der Waals surface area contributed by atoms with E-state index in [1.807, 2.05) is 19.2 Å². The van der Waals surface area contributed by atoms with Gasteiger partial charge < -0.3 is 14.8 Å². The Morgan fingerprint density at radius 3 is 2.89 bits per heavy atom. The van der Waals surface area contributed by atoms with Crippen LogP contribution in [0.2, 0.25) is 5.02 Å². The number of ether oxygens (including phenoxy) is 2. The monoisotopic (exact) mass is 281 g/mol. The molecule has 0 bridgehead atoms. The summed E-state index contributed by atoms with van der Waals surface area (Å²) in [5.74, 6) is 1.01. The van der Waals surface area contributed by atoms with Crippen LogP contribution in [0.25, 0.3) is 0 Å². The van der Waals surface area contributed by atoms with E-state index in [2.05, 4.69) is 12.2 Å². The van der Waals surface area contributed by atoms with Gasteiger partial charge in [0.15, 0.2) is 0 Å². The Hall–Kier alpha value is -0.770.